The van der Waals surface area contributed by atoms with Gasteiger partial charge in [-0.05, 0) is 22.0 Å². The molecule has 1 aromatic heterocycles. The zero-order chi connectivity index (χ0) is 10.1. The first kappa shape index (κ1) is 9.73. The molecule has 1 aliphatic rings. The Kier molecular flexibility index (Phi) is 2.60. The highest BCUT2D eigenvalue weighted by atomic mass is 79.9. The van der Waals surface area contributed by atoms with Crippen molar-refractivity contribution < 1.29 is 9.53 Å². The van der Waals surface area contributed by atoms with Crippen LogP contribution in [0.25, 0.3) is 0 Å². The number of methoxy groups -OCH3 is 1. The molecule has 0 saturated carbocycles. The molecular formula is C9H11BrN2O2. The van der Waals surface area contributed by atoms with Gasteiger partial charge in [0.2, 0.25) is 0 Å². The molecule has 2 rings (SSSR count). The Hall–Kier alpha value is -0.810. The topological polar surface area (TPSA) is 43.3 Å². The van der Waals surface area contributed by atoms with Crippen LogP contribution < -0.4 is 5.32 Å². The van der Waals surface area contributed by atoms with Crippen LogP contribution in [0, 0.1) is 0 Å². The molecule has 1 aliphatic heterocycles. The van der Waals surface area contributed by atoms with Crippen molar-refractivity contribution in [2.24, 2.45) is 0 Å². The monoisotopic (exact) mass is 258 g/mol. The number of carbonyl (C=O) groups is 1. The Morgan fingerprint density at radius 2 is 2.57 bits per heavy atom. The van der Waals surface area contributed by atoms with Crippen molar-refractivity contribution in [2.45, 2.75) is 12.6 Å². The maximum Gasteiger partial charge on any atom is 0.268 e. The van der Waals surface area contributed by atoms with E-state index in [2.05, 4.69) is 21.2 Å². The lowest BCUT2D eigenvalue weighted by Gasteiger charge is -2.24. The summed E-state index contributed by atoms with van der Waals surface area (Å²) in [5.74, 6) is -0.0380. The molecule has 0 saturated heterocycles. The number of aromatic nitrogens is 1. The van der Waals surface area contributed by atoms with Crippen LogP contribution in [-0.2, 0) is 11.3 Å². The lowest BCUT2D eigenvalue weighted by molar-refractivity contribution is 0.0840. The number of amides is 1. The maximum absolute atomic E-state index is 11.6. The third-order valence-corrected chi connectivity index (χ3v) is 2.65. The predicted octanol–water partition coefficient (Wildman–Crippen LogP) is 1.01. The molecule has 2 heterocycles. The molecule has 1 unspecified atom stereocenters. The van der Waals surface area contributed by atoms with Gasteiger partial charge in [0.1, 0.15) is 5.69 Å². The van der Waals surface area contributed by atoms with E-state index in [1.165, 1.54) is 0 Å². The van der Waals surface area contributed by atoms with E-state index in [0.29, 0.717) is 12.3 Å². The van der Waals surface area contributed by atoms with Gasteiger partial charge in [0.25, 0.3) is 5.91 Å². The average molecular weight is 259 g/mol. The van der Waals surface area contributed by atoms with E-state index < -0.39 is 0 Å². The van der Waals surface area contributed by atoms with E-state index in [1.807, 2.05) is 16.8 Å². The predicted molar refractivity (Wildman–Crippen MR) is 55.3 cm³/mol. The van der Waals surface area contributed by atoms with Crippen LogP contribution in [0.5, 0.6) is 0 Å². The van der Waals surface area contributed by atoms with E-state index in [1.54, 1.807) is 7.11 Å². The number of rotatable bonds is 2. The van der Waals surface area contributed by atoms with Gasteiger partial charge in [0, 0.05) is 24.3 Å². The van der Waals surface area contributed by atoms with Crippen LogP contribution in [0.1, 0.15) is 10.5 Å². The minimum Gasteiger partial charge on any atom is -0.382 e. The fourth-order valence-corrected chi connectivity index (χ4v) is 2.12. The van der Waals surface area contributed by atoms with Crippen molar-refractivity contribution in [1.82, 2.24) is 9.88 Å². The van der Waals surface area contributed by atoms with Gasteiger partial charge in [-0.1, -0.05) is 0 Å². The molecule has 1 amide bonds. The fourth-order valence-electron chi connectivity index (χ4n) is 1.65. The Morgan fingerprint density at radius 1 is 1.79 bits per heavy atom. The molecule has 0 aromatic carbocycles. The summed E-state index contributed by atoms with van der Waals surface area (Å²) in [6.45, 7) is 1.31. The van der Waals surface area contributed by atoms with Crippen LogP contribution in [-0.4, -0.2) is 30.2 Å². The zero-order valence-corrected chi connectivity index (χ0v) is 9.37. The minimum absolute atomic E-state index is 0.0380. The van der Waals surface area contributed by atoms with Crippen LogP contribution in [0.15, 0.2) is 16.7 Å². The molecule has 5 heteroatoms. The Balaban J connectivity index is 2.24. The third-order valence-electron chi connectivity index (χ3n) is 2.22. The lowest BCUT2D eigenvalue weighted by atomic mass is 10.2. The van der Waals surface area contributed by atoms with Crippen molar-refractivity contribution in [3.63, 3.8) is 0 Å². The van der Waals surface area contributed by atoms with Gasteiger partial charge in [-0.25, -0.2) is 0 Å². The van der Waals surface area contributed by atoms with Crippen LogP contribution in [0.3, 0.4) is 0 Å². The first-order valence-corrected chi connectivity index (χ1v) is 5.15. The number of carbonyl (C=O) groups excluding carboxylic acids is 1. The van der Waals surface area contributed by atoms with Gasteiger partial charge in [0.05, 0.1) is 12.6 Å². The zero-order valence-electron chi connectivity index (χ0n) is 7.79. The quantitative estimate of drug-likeness (QED) is 0.861. The molecule has 0 aliphatic carbocycles. The Labute approximate surface area is 90.4 Å². The summed E-state index contributed by atoms with van der Waals surface area (Å²) in [6.07, 6.45) is 1.91. The second-order valence-corrected chi connectivity index (χ2v) is 4.24. The normalized spacial score (nSPS) is 20.4. The van der Waals surface area contributed by atoms with Gasteiger partial charge >= 0.3 is 0 Å². The number of halogens is 1. The number of nitrogens with zero attached hydrogens (tertiary/aromatic N) is 1. The summed E-state index contributed by atoms with van der Waals surface area (Å²) in [7, 11) is 1.63. The molecule has 4 nitrogen and oxygen atoms in total. The number of nitrogens with one attached hydrogen (secondary N) is 1. The molecule has 0 fully saturated rings. The van der Waals surface area contributed by atoms with E-state index in [9.17, 15) is 4.79 Å². The second-order valence-electron chi connectivity index (χ2n) is 3.32. The smallest absolute Gasteiger partial charge is 0.268 e. The first-order valence-electron chi connectivity index (χ1n) is 4.36. The van der Waals surface area contributed by atoms with Crippen LogP contribution in [0.4, 0.5) is 0 Å². The molecule has 76 valence electrons. The summed E-state index contributed by atoms with van der Waals surface area (Å²) < 4.78 is 7.88. The van der Waals surface area contributed by atoms with Crippen molar-refractivity contribution in [1.29, 1.82) is 0 Å². The lowest BCUT2D eigenvalue weighted by Crippen LogP contribution is -2.46. The largest absolute Gasteiger partial charge is 0.382 e. The van der Waals surface area contributed by atoms with Crippen molar-refractivity contribution in [2.75, 3.05) is 13.7 Å². The molecule has 0 radical (unpaired) electrons. The van der Waals surface area contributed by atoms with E-state index in [-0.39, 0.29) is 11.9 Å². The molecule has 1 N–H and O–H groups in total. The standard InChI is InChI=1S/C9H11BrN2O2/c1-14-5-7-4-12-3-6(10)2-8(12)9(13)11-7/h2-3,7H,4-5H2,1H3,(H,11,13). The summed E-state index contributed by atoms with van der Waals surface area (Å²) in [5.41, 5.74) is 0.698. The summed E-state index contributed by atoms with van der Waals surface area (Å²) >= 11 is 3.35. The highest BCUT2D eigenvalue weighted by Crippen LogP contribution is 2.18. The average Bonchev–Trinajstić information content (AvgIpc) is 2.47. The number of ether oxygens (including phenoxy) is 1. The highest BCUT2D eigenvalue weighted by molar-refractivity contribution is 9.10. The number of fused-ring (bicyclic) bond motifs is 1. The SMILES string of the molecule is COCC1Cn2cc(Br)cc2C(=O)N1. The number of hydrogen-bond donors (Lipinski definition) is 1. The van der Waals surface area contributed by atoms with E-state index >= 15 is 0 Å². The van der Waals surface area contributed by atoms with E-state index in [4.69, 9.17) is 4.74 Å². The third kappa shape index (κ3) is 1.69. The summed E-state index contributed by atoms with van der Waals surface area (Å²) in [5, 5.41) is 2.88. The van der Waals surface area contributed by atoms with Gasteiger partial charge in [-0.2, -0.15) is 0 Å². The van der Waals surface area contributed by atoms with Gasteiger partial charge in [-0.3, -0.25) is 4.79 Å². The highest BCUT2D eigenvalue weighted by Gasteiger charge is 2.24. The Morgan fingerprint density at radius 3 is 3.29 bits per heavy atom. The minimum atomic E-state index is -0.0380. The molecule has 0 spiro atoms. The van der Waals surface area contributed by atoms with Crippen LogP contribution in [0.2, 0.25) is 0 Å². The Bertz CT molecular complexity index is 362. The first-order chi connectivity index (χ1) is 6.70. The summed E-state index contributed by atoms with van der Waals surface area (Å²) in [6, 6.07) is 1.89. The van der Waals surface area contributed by atoms with Crippen LogP contribution >= 0.6 is 15.9 Å². The van der Waals surface area contributed by atoms with Gasteiger partial charge in [0.15, 0.2) is 0 Å². The molecule has 1 atom stereocenters. The second kappa shape index (κ2) is 3.74. The fraction of sp³-hybridized carbons (Fsp3) is 0.444. The van der Waals surface area contributed by atoms with Gasteiger partial charge in [-0.15, -0.1) is 0 Å². The van der Waals surface area contributed by atoms with Gasteiger partial charge < -0.3 is 14.6 Å². The van der Waals surface area contributed by atoms with Crippen molar-refractivity contribution in [3.8, 4) is 0 Å². The van der Waals surface area contributed by atoms with E-state index in [0.717, 1.165) is 11.0 Å². The number of hydrogen-bond acceptors (Lipinski definition) is 2. The van der Waals surface area contributed by atoms with Crippen molar-refractivity contribution >= 4 is 21.8 Å². The molecule has 0 bridgehead atoms. The molecule has 14 heavy (non-hydrogen) atoms. The van der Waals surface area contributed by atoms with Crippen molar-refractivity contribution in [3.05, 3.63) is 22.4 Å². The maximum atomic E-state index is 11.6. The molecular weight excluding hydrogens is 248 g/mol. The molecule has 1 aromatic rings. The summed E-state index contributed by atoms with van der Waals surface area (Å²) in [4.78, 5) is 11.6.